The van der Waals surface area contributed by atoms with E-state index >= 15 is 0 Å². The van der Waals surface area contributed by atoms with Crippen molar-refractivity contribution >= 4 is 26.8 Å². The lowest BCUT2D eigenvalue weighted by molar-refractivity contribution is 0.0254. The molecule has 0 saturated carbocycles. The van der Waals surface area contributed by atoms with Crippen LogP contribution in [-0.2, 0) is 14.9 Å². The number of ether oxygens (including phenoxy) is 2. The molecule has 0 aliphatic carbocycles. The van der Waals surface area contributed by atoms with Gasteiger partial charge in [-0.1, -0.05) is 12.1 Å². The van der Waals surface area contributed by atoms with E-state index in [1.807, 2.05) is 36.7 Å². The molecule has 2 aliphatic heterocycles. The zero-order chi connectivity index (χ0) is 25.3. The molecule has 1 N–H and O–H groups in total. The highest BCUT2D eigenvalue weighted by molar-refractivity contribution is 7.86. The van der Waals surface area contributed by atoms with E-state index in [9.17, 15) is 13.7 Å². The van der Waals surface area contributed by atoms with Gasteiger partial charge >= 0.3 is 0 Å². The maximum Gasteiger partial charge on any atom is 0.281 e. The Balaban J connectivity index is 1.42. The summed E-state index contributed by atoms with van der Waals surface area (Å²) >= 11 is 0. The van der Waals surface area contributed by atoms with E-state index < -0.39 is 10.2 Å². The summed E-state index contributed by atoms with van der Waals surface area (Å²) in [7, 11) is -0.350. The summed E-state index contributed by atoms with van der Waals surface area (Å²) in [6.07, 6.45) is 7.97. The van der Waals surface area contributed by atoms with Gasteiger partial charge in [0.1, 0.15) is 23.6 Å². The van der Waals surface area contributed by atoms with E-state index in [2.05, 4.69) is 22.1 Å². The largest absolute Gasteiger partial charge is 0.489 e. The van der Waals surface area contributed by atoms with Crippen LogP contribution in [0.2, 0.25) is 0 Å². The Morgan fingerprint density at radius 2 is 2.03 bits per heavy atom. The smallest absolute Gasteiger partial charge is 0.281 e. The van der Waals surface area contributed by atoms with Crippen molar-refractivity contribution in [1.29, 1.82) is 5.26 Å². The molecule has 5 rings (SSSR count). The van der Waals surface area contributed by atoms with Crippen molar-refractivity contribution in [2.24, 2.45) is 0 Å². The van der Waals surface area contributed by atoms with Gasteiger partial charge in [0.05, 0.1) is 18.8 Å². The molecule has 9 nitrogen and oxygen atoms in total. The normalized spacial score (nSPS) is 17.8. The van der Waals surface area contributed by atoms with Gasteiger partial charge in [-0.15, -0.1) is 0 Å². The number of aromatic nitrogens is 2. The summed E-state index contributed by atoms with van der Waals surface area (Å²) in [4.78, 5) is 7.82. The molecule has 1 saturated heterocycles. The van der Waals surface area contributed by atoms with Crippen molar-refractivity contribution in [2.45, 2.75) is 25.4 Å². The first-order chi connectivity index (χ1) is 17.4. The molecule has 1 fully saturated rings. The van der Waals surface area contributed by atoms with Crippen LogP contribution >= 0.6 is 0 Å². The molecule has 1 aromatic carbocycles. The van der Waals surface area contributed by atoms with Crippen LogP contribution in [0.1, 0.15) is 30.4 Å². The summed E-state index contributed by atoms with van der Waals surface area (Å²) in [6, 6.07) is 10.0. The van der Waals surface area contributed by atoms with Gasteiger partial charge in [-0.3, -0.25) is 0 Å². The van der Waals surface area contributed by atoms with Gasteiger partial charge in [-0.2, -0.15) is 22.3 Å². The molecule has 0 unspecified atom stereocenters. The lowest BCUT2D eigenvalue weighted by atomic mass is 9.98. The van der Waals surface area contributed by atoms with Crippen LogP contribution in [0.15, 0.2) is 42.7 Å². The van der Waals surface area contributed by atoms with Gasteiger partial charge in [0.15, 0.2) is 0 Å². The van der Waals surface area contributed by atoms with Crippen LogP contribution in [0.4, 0.5) is 0 Å². The number of hydrogen-bond acceptors (Lipinski definition) is 6. The van der Waals surface area contributed by atoms with Gasteiger partial charge in [0.25, 0.3) is 10.2 Å². The fraction of sp³-hybridized carbons (Fsp3) is 0.385. The lowest BCUT2D eigenvalue weighted by Gasteiger charge is -2.28. The molecule has 188 valence electrons. The Labute approximate surface area is 211 Å². The molecule has 2 aromatic heterocycles. The minimum Gasteiger partial charge on any atom is -0.489 e. The highest BCUT2D eigenvalue weighted by atomic mass is 32.2. The van der Waals surface area contributed by atoms with E-state index in [-0.39, 0.29) is 6.10 Å². The minimum atomic E-state index is -3.44. The molecule has 0 bridgehead atoms. The number of hydrogen-bond donors (Lipinski definition) is 1. The number of nitrogens with zero attached hydrogens (tertiary/aromatic N) is 4. The van der Waals surface area contributed by atoms with E-state index in [1.54, 1.807) is 14.1 Å². The van der Waals surface area contributed by atoms with Gasteiger partial charge in [0, 0.05) is 63.4 Å². The Kier molecular flexibility index (Phi) is 6.81. The summed E-state index contributed by atoms with van der Waals surface area (Å²) < 4.78 is 39.1. The van der Waals surface area contributed by atoms with Gasteiger partial charge in [-0.05, 0) is 41.3 Å². The van der Waals surface area contributed by atoms with Gasteiger partial charge in [0.2, 0.25) is 0 Å². The highest BCUT2D eigenvalue weighted by Gasteiger charge is 2.26. The number of rotatable bonds is 6. The Hall–Kier alpha value is -3.23. The molecule has 0 atom stereocenters. The van der Waals surface area contributed by atoms with Gasteiger partial charge in [-0.25, -0.2) is 4.98 Å². The number of nitrogens with one attached hydrogen (secondary N) is 1. The van der Waals surface area contributed by atoms with Crippen LogP contribution in [-0.4, -0.2) is 73.5 Å². The van der Waals surface area contributed by atoms with Crippen molar-refractivity contribution in [2.75, 3.05) is 40.4 Å². The lowest BCUT2D eigenvalue weighted by Crippen LogP contribution is -2.42. The van der Waals surface area contributed by atoms with Crippen molar-refractivity contribution in [3.8, 4) is 22.9 Å². The molecular weight excluding hydrogens is 478 g/mol. The van der Waals surface area contributed by atoms with E-state index in [1.165, 1.54) is 8.61 Å². The molecule has 0 amide bonds. The van der Waals surface area contributed by atoms with Crippen molar-refractivity contribution in [3.63, 3.8) is 0 Å². The second-order valence-electron chi connectivity index (χ2n) is 9.20. The predicted molar refractivity (Wildman–Crippen MR) is 137 cm³/mol. The molecule has 0 radical (unpaired) electrons. The van der Waals surface area contributed by atoms with Crippen LogP contribution in [0.3, 0.4) is 0 Å². The third kappa shape index (κ3) is 4.75. The van der Waals surface area contributed by atoms with Crippen LogP contribution < -0.4 is 4.74 Å². The van der Waals surface area contributed by atoms with Crippen molar-refractivity contribution in [1.82, 2.24) is 18.6 Å². The molecular formula is C26H29N5O4S. The fourth-order valence-corrected chi connectivity index (χ4v) is 5.68. The first kappa shape index (κ1) is 24.5. The monoisotopic (exact) mass is 507 g/mol. The first-order valence-corrected chi connectivity index (χ1v) is 13.4. The zero-order valence-electron chi connectivity index (χ0n) is 20.4. The third-order valence-corrected chi connectivity index (χ3v) is 8.64. The van der Waals surface area contributed by atoms with Crippen molar-refractivity contribution in [3.05, 3.63) is 53.9 Å². The number of H-pyrrole nitrogens is 1. The number of aromatic amines is 1. The number of benzene rings is 1. The predicted octanol–water partition coefficient (Wildman–Crippen LogP) is 3.55. The quantitative estimate of drug-likeness (QED) is 0.546. The average molecular weight is 508 g/mol. The topological polar surface area (TPSA) is 112 Å². The summed E-state index contributed by atoms with van der Waals surface area (Å²) in [5.74, 6) is 0.594. The fourth-order valence-electron chi connectivity index (χ4n) is 4.63. The molecule has 3 aromatic rings. The molecule has 2 aliphatic rings. The SMILES string of the molecule is CN(C)S(=O)(=O)N1CC=C(c2cnc3[nH]cc(-c4ccc(OC5CCOCC5)c(C#N)c4)c3c2)CC1. The summed E-state index contributed by atoms with van der Waals surface area (Å²) in [5.41, 5.74) is 5.13. The van der Waals surface area contributed by atoms with Crippen LogP contribution in [0.25, 0.3) is 27.7 Å². The molecule has 4 heterocycles. The van der Waals surface area contributed by atoms with Gasteiger partial charge < -0.3 is 14.5 Å². The number of fused-ring (bicyclic) bond motifs is 1. The van der Waals surface area contributed by atoms with E-state index in [4.69, 9.17) is 9.47 Å². The number of pyridine rings is 1. The zero-order valence-corrected chi connectivity index (χ0v) is 21.2. The number of nitriles is 1. The standard InChI is InChI=1S/C26H29N5O4S/c1-30(2)36(32,33)31-9-5-18(6-10-31)21-14-23-24(17-29-26(23)28-16-21)19-3-4-25(20(13-19)15-27)35-22-7-11-34-12-8-22/h3-5,13-14,16-17,22H,6-12H2,1-2H3,(H,28,29). The summed E-state index contributed by atoms with van der Waals surface area (Å²) in [6.45, 7) is 2.10. The Morgan fingerprint density at radius 3 is 2.72 bits per heavy atom. The summed E-state index contributed by atoms with van der Waals surface area (Å²) in [5, 5.41) is 10.7. The Morgan fingerprint density at radius 1 is 1.22 bits per heavy atom. The van der Waals surface area contributed by atoms with E-state index in [0.717, 1.165) is 46.1 Å². The maximum atomic E-state index is 12.4. The highest BCUT2D eigenvalue weighted by Crippen LogP contribution is 2.34. The average Bonchev–Trinajstić information content (AvgIpc) is 3.33. The third-order valence-electron chi connectivity index (χ3n) is 6.73. The Bertz CT molecular complexity index is 1450. The minimum absolute atomic E-state index is 0.0592. The second-order valence-corrected chi connectivity index (χ2v) is 11.3. The van der Waals surface area contributed by atoms with E-state index in [0.29, 0.717) is 44.0 Å². The molecule has 0 spiro atoms. The second kappa shape index (κ2) is 10.0. The van der Waals surface area contributed by atoms with Crippen molar-refractivity contribution < 1.29 is 17.9 Å². The molecule has 36 heavy (non-hydrogen) atoms. The first-order valence-electron chi connectivity index (χ1n) is 12.0. The maximum absolute atomic E-state index is 12.4. The van der Waals surface area contributed by atoms with Crippen LogP contribution in [0.5, 0.6) is 5.75 Å². The van der Waals surface area contributed by atoms with Crippen LogP contribution in [0, 0.1) is 11.3 Å². The molecule has 10 heteroatoms.